The smallest absolute Gasteiger partial charge is 0.260 e. The number of hydrogen-bond donors (Lipinski definition) is 0. The number of benzene rings is 2. The van der Waals surface area contributed by atoms with Crippen molar-refractivity contribution in [1.29, 1.82) is 0 Å². The maximum atomic E-state index is 13.1. The standard InChI is InChI=1S/C23H29FN2O3/c1-16-5-10-21(28-4)22(11-16)29-15-23(27)26-13-17(2)25(12-18(26)3)14-19-6-8-20(24)9-7-19/h5-11,17-18H,12-15H2,1-4H3/t17-,18+/m0/s1. The van der Waals surface area contributed by atoms with E-state index < -0.39 is 0 Å². The lowest BCUT2D eigenvalue weighted by Crippen LogP contribution is -2.58. The van der Waals surface area contributed by atoms with Crippen molar-refractivity contribution < 1.29 is 18.7 Å². The quantitative estimate of drug-likeness (QED) is 0.742. The Morgan fingerprint density at radius 1 is 1.07 bits per heavy atom. The van der Waals surface area contributed by atoms with Crippen LogP contribution >= 0.6 is 0 Å². The second-order valence-corrected chi connectivity index (χ2v) is 7.74. The first kappa shape index (κ1) is 21.1. The van der Waals surface area contributed by atoms with E-state index in [9.17, 15) is 9.18 Å². The Bertz CT molecular complexity index is 841. The highest BCUT2D eigenvalue weighted by Gasteiger charge is 2.32. The van der Waals surface area contributed by atoms with Crippen LogP contribution in [0.15, 0.2) is 42.5 Å². The van der Waals surface area contributed by atoms with Crippen molar-refractivity contribution in [1.82, 2.24) is 9.80 Å². The van der Waals surface area contributed by atoms with Crippen molar-refractivity contribution in [2.24, 2.45) is 0 Å². The second-order valence-electron chi connectivity index (χ2n) is 7.74. The molecule has 0 spiro atoms. The van der Waals surface area contributed by atoms with Crippen molar-refractivity contribution in [3.63, 3.8) is 0 Å². The van der Waals surface area contributed by atoms with Gasteiger partial charge in [0.25, 0.3) is 5.91 Å². The molecule has 156 valence electrons. The van der Waals surface area contributed by atoms with Crippen LogP contribution in [0, 0.1) is 12.7 Å². The number of piperazine rings is 1. The topological polar surface area (TPSA) is 42.0 Å². The van der Waals surface area contributed by atoms with Gasteiger partial charge >= 0.3 is 0 Å². The lowest BCUT2D eigenvalue weighted by Gasteiger charge is -2.44. The number of rotatable bonds is 6. The molecular weight excluding hydrogens is 371 g/mol. The highest BCUT2D eigenvalue weighted by atomic mass is 19.1. The third-order valence-corrected chi connectivity index (χ3v) is 5.40. The van der Waals surface area contributed by atoms with E-state index in [1.165, 1.54) is 12.1 Å². The van der Waals surface area contributed by atoms with Gasteiger partial charge < -0.3 is 14.4 Å². The highest BCUT2D eigenvalue weighted by Crippen LogP contribution is 2.28. The van der Waals surface area contributed by atoms with Crippen LogP contribution in [0.4, 0.5) is 4.39 Å². The molecule has 1 aliphatic rings. The number of halogens is 1. The van der Waals surface area contributed by atoms with Gasteiger partial charge in [-0.1, -0.05) is 18.2 Å². The first-order chi connectivity index (χ1) is 13.9. The van der Waals surface area contributed by atoms with Crippen molar-refractivity contribution >= 4 is 5.91 Å². The molecule has 3 rings (SSSR count). The van der Waals surface area contributed by atoms with Crippen LogP contribution in [0.1, 0.15) is 25.0 Å². The van der Waals surface area contributed by atoms with E-state index in [0.717, 1.165) is 24.2 Å². The van der Waals surface area contributed by atoms with E-state index in [-0.39, 0.29) is 30.4 Å². The van der Waals surface area contributed by atoms with Crippen molar-refractivity contribution in [2.75, 3.05) is 26.8 Å². The molecule has 1 fully saturated rings. The molecule has 5 nitrogen and oxygen atoms in total. The Labute approximate surface area is 172 Å². The highest BCUT2D eigenvalue weighted by molar-refractivity contribution is 5.78. The molecule has 2 atom stereocenters. The zero-order valence-corrected chi connectivity index (χ0v) is 17.5. The van der Waals surface area contributed by atoms with Crippen LogP contribution in [-0.2, 0) is 11.3 Å². The first-order valence-corrected chi connectivity index (χ1v) is 9.92. The molecular formula is C23H29FN2O3. The van der Waals surface area contributed by atoms with Crippen LogP contribution < -0.4 is 9.47 Å². The molecule has 2 aromatic rings. The minimum Gasteiger partial charge on any atom is -0.493 e. The zero-order chi connectivity index (χ0) is 21.0. The summed E-state index contributed by atoms with van der Waals surface area (Å²) in [5, 5.41) is 0. The third kappa shape index (κ3) is 5.26. The summed E-state index contributed by atoms with van der Waals surface area (Å²) >= 11 is 0. The molecule has 1 aliphatic heterocycles. The number of carbonyl (C=O) groups is 1. The molecule has 1 amide bonds. The molecule has 0 N–H and O–H groups in total. The lowest BCUT2D eigenvalue weighted by atomic mass is 10.1. The predicted octanol–water partition coefficient (Wildman–Crippen LogP) is 3.64. The summed E-state index contributed by atoms with van der Waals surface area (Å²) in [6, 6.07) is 12.5. The van der Waals surface area contributed by atoms with Gasteiger partial charge in [-0.2, -0.15) is 0 Å². The summed E-state index contributed by atoms with van der Waals surface area (Å²) in [6.07, 6.45) is 0. The predicted molar refractivity (Wildman–Crippen MR) is 111 cm³/mol. The fraction of sp³-hybridized carbons (Fsp3) is 0.435. The largest absolute Gasteiger partial charge is 0.493 e. The minimum absolute atomic E-state index is 0.0190. The average Bonchev–Trinajstić information content (AvgIpc) is 2.70. The minimum atomic E-state index is -0.226. The molecule has 6 heteroatoms. The number of amides is 1. The number of carbonyl (C=O) groups excluding carboxylic acids is 1. The second kappa shape index (κ2) is 9.27. The summed E-state index contributed by atoms with van der Waals surface area (Å²) in [7, 11) is 1.59. The van der Waals surface area contributed by atoms with Gasteiger partial charge in [0.05, 0.1) is 7.11 Å². The van der Waals surface area contributed by atoms with Gasteiger partial charge in [0.2, 0.25) is 0 Å². The number of nitrogens with zero attached hydrogens (tertiary/aromatic N) is 2. The molecule has 0 aromatic heterocycles. The Morgan fingerprint density at radius 2 is 1.79 bits per heavy atom. The first-order valence-electron chi connectivity index (χ1n) is 9.92. The molecule has 1 saturated heterocycles. The van der Waals surface area contributed by atoms with Crippen LogP contribution in [-0.4, -0.2) is 54.6 Å². The van der Waals surface area contributed by atoms with E-state index in [1.807, 2.05) is 42.2 Å². The van der Waals surface area contributed by atoms with Gasteiger partial charge in [0, 0.05) is 31.7 Å². The van der Waals surface area contributed by atoms with Crippen LogP contribution in [0.2, 0.25) is 0 Å². The molecule has 0 radical (unpaired) electrons. The van der Waals surface area contributed by atoms with E-state index in [2.05, 4.69) is 18.7 Å². The maximum Gasteiger partial charge on any atom is 0.260 e. The number of ether oxygens (including phenoxy) is 2. The van der Waals surface area contributed by atoms with Crippen LogP contribution in [0.3, 0.4) is 0 Å². The van der Waals surface area contributed by atoms with Gasteiger partial charge in [0.15, 0.2) is 18.1 Å². The number of hydrogen-bond acceptors (Lipinski definition) is 4. The Kier molecular flexibility index (Phi) is 6.75. The molecule has 0 unspecified atom stereocenters. The Morgan fingerprint density at radius 3 is 2.48 bits per heavy atom. The fourth-order valence-electron chi connectivity index (χ4n) is 3.71. The van der Waals surface area contributed by atoms with E-state index in [0.29, 0.717) is 18.0 Å². The molecule has 2 aromatic carbocycles. The lowest BCUT2D eigenvalue weighted by molar-refractivity contribution is -0.139. The molecule has 0 aliphatic carbocycles. The Balaban J connectivity index is 1.58. The summed E-state index contributed by atoms with van der Waals surface area (Å²) < 4.78 is 24.2. The van der Waals surface area contributed by atoms with Gasteiger partial charge in [-0.15, -0.1) is 0 Å². The Hall–Kier alpha value is -2.60. The third-order valence-electron chi connectivity index (χ3n) is 5.40. The SMILES string of the molecule is COc1ccc(C)cc1OCC(=O)N1C[C@H](C)N(Cc2ccc(F)cc2)C[C@H]1C. The molecule has 29 heavy (non-hydrogen) atoms. The van der Waals surface area contributed by atoms with Crippen LogP contribution in [0.25, 0.3) is 0 Å². The summed E-state index contributed by atoms with van der Waals surface area (Å²) in [4.78, 5) is 17.0. The fourth-order valence-corrected chi connectivity index (χ4v) is 3.71. The van der Waals surface area contributed by atoms with E-state index in [1.54, 1.807) is 7.11 Å². The molecule has 1 heterocycles. The van der Waals surface area contributed by atoms with Gasteiger partial charge in [-0.3, -0.25) is 9.69 Å². The van der Waals surface area contributed by atoms with Crippen molar-refractivity contribution in [3.8, 4) is 11.5 Å². The number of methoxy groups -OCH3 is 1. The van der Waals surface area contributed by atoms with Gasteiger partial charge in [0.1, 0.15) is 5.82 Å². The van der Waals surface area contributed by atoms with Crippen molar-refractivity contribution in [2.45, 2.75) is 39.4 Å². The summed E-state index contributed by atoms with van der Waals surface area (Å²) in [5.41, 5.74) is 2.12. The van der Waals surface area contributed by atoms with E-state index in [4.69, 9.17) is 9.47 Å². The van der Waals surface area contributed by atoms with E-state index >= 15 is 0 Å². The summed E-state index contributed by atoms with van der Waals surface area (Å²) in [6.45, 7) is 8.25. The summed E-state index contributed by atoms with van der Waals surface area (Å²) in [5.74, 6) is 0.940. The van der Waals surface area contributed by atoms with Gasteiger partial charge in [-0.05, 0) is 56.2 Å². The maximum absolute atomic E-state index is 13.1. The number of aryl methyl sites for hydroxylation is 1. The normalized spacial score (nSPS) is 19.8. The van der Waals surface area contributed by atoms with Gasteiger partial charge in [-0.25, -0.2) is 4.39 Å². The average molecular weight is 400 g/mol. The zero-order valence-electron chi connectivity index (χ0n) is 17.5. The molecule has 0 saturated carbocycles. The van der Waals surface area contributed by atoms with Crippen molar-refractivity contribution in [3.05, 3.63) is 59.4 Å². The van der Waals surface area contributed by atoms with Crippen LogP contribution in [0.5, 0.6) is 11.5 Å². The monoisotopic (exact) mass is 400 g/mol. The molecule has 0 bridgehead atoms.